The van der Waals surface area contributed by atoms with Crippen LogP contribution in [0.5, 0.6) is 0 Å². The van der Waals surface area contributed by atoms with E-state index in [-0.39, 0.29) is 17.7 Å². The summed E-state index contributed by atoms with van der Waals surface area (Å²) in [5, 5.41) is 10.4. The normalized spacial score (nSPS) is 13.3. The molecule has 8 heteroatoms. The van der Waals surface area contributed by atoms with Crippen LogP contribution in [-0.4, -0.2) is 28.5 Å². The van der Waals surface area contributed by atoms with E-state index in [4.69, 9.17) is 4.52 Å². The van der Waals surface area contributed by atoms with Crippen molar-refractivity contribution in [2.24, 2.45) is 5.92 Å². The molecule has 0 aliphatic heterocycles. The number of carbonyl (C=O) groups is 2. The quantitative estimate of drug-likeness (QED) is 0.590. The number of hydrogen-bond acceptors (Lipinski definition) is 6. The largest absolute Gasteiger partial charge is 0.351 e. The number of aryl methyl sites for hydroxylation is 1. The minimum absolute atomic E-state index is 0.0497. The van der Waals surface area contributed by atoms with Crippen molar-refractivity contribution in [1.82, 2.24) is 15.5 Å². The fraction of sp³-hybridized carbons (Fsp3) is 0.333. The Kier molecular flexibility index (Phi) is 5.71. The highest BCUT2D eigenvalue weighted by molar-refractivity contribution is 7.18. The van der Waals surface area contributed by atoms with Crippen molar-refractivity contribution in [3.8, 4) is 11.5 Å². The summed E-state index contributed by atoms with van der Waals surface area (Å²) in [5.74, 6) is 1.28. The van der Waals surface area contributed by atoms with Crippen molar-refractivity contribution in [2.75, 3.05) is 11.9 Å². The summed E-state index contributed by atoms with van der Waals surface area (Å²) in [6, 6.07) is 11.4. The van der Waals surface area contributed by atoms with Crippen molar-refractivity contribution in [1.29, 1.82) is 0 Å². The zero-order valence-electron chi connectivity index (χ0n) is 16.1. The summed E-state index contributed by atoms with van der Waals surface area (Å²) < 4.78 is 5.24. The third kappa shape index (κ3) is 4.89. The van der Waals surface area contributed by atoms with Gasteiger partial charge in [-0.3, -0.25) is 9.59 Å². The Morgan fingerprint density at radius 1 is 1.17 bits per heavy atom. The molecule has 3 aromatic rings. The van der Waals surface area contributed by atoms with E-state index in [9.17, 15) is 9.59 Å². The monoisotopic (exact) mass is 410 g/mol. The van der Waals surface area contributed by atoms with Gasteiger partial charge in [-0.15, -0.1) is 11.3 Å². The van der Waals surface area contributed by atoms with Crippen LogP contribution >= 0.6 is 11.3 Å². The van der Waals surface area contributed by atoms with E-state index >= 15 is 0 Å². The van der Waals surface area contributed by atoms with Crippen LogP contribution in [0.2, 0.25) is 0 Å². The summed E-state index contributed by atoms with van der Waals surface area (Å²) in [6.07, 6.45) is 3.37. The van der Waals surface area contributed by atoms with Crippen LogP contribution in [0.3, 0.4) is 0 Å². The molecule has 1 aliphatic carbocycles. The van der Waals surface area contributed by atoms with Crippen molar-refractivity contribution in [3.05, 3.63) is 52.7 Å². The lowest BCUT2D eigenvalue weighted by atomic mass is 10.1. The first kappa shape index (κ1) is 19.3. The topological polar surface area (TPSA) is 97.1 Å². The molecule has 0 atom stereocenters. The molecule has 0 radical (unpaired) electrons. The van der Waals surface area contributed by atoms with E-state index in [0.29, 0.717) is 29.6 Å². The van der Waals surface area contributed by atoms with Crippen molar-refractivity contribution >= 4 is 28.2 Å². The molecule has 29 heavy (non-hydrogen) atoms. The number of anilines is 1. The number of amides is 2. The first-order valence-electron chi connectivity index (χ1n) is 9.73. The second-order valence-electron chi connectivity index (χ2n) is 7.00. The predicted octanol–water partition coefficient (Wildman–Crippen LogP) is 3.68. The smallest absolute Gasteiger partial charge is 0.261 e. The zero-order chi connectivity index (χ0) is 20.2. The first-order chi connectivity index (χ1) is 14.1. The molecule has 1 aliphatic rings. The highest BCUT2D eigenvalue weighted by Gasteiger charge is 2.29. The number of aromatic nitrogens is 2. The van der Waals surface area contributed by atoms with Crippen LogP contribution in [-0.2, 0) is 17.6 Å². The fourth-order valence-corrected chi connectivity index (χ4v) is 3.66. The van der Waals surface area contributed by atoms with Gasteiger partial charge in [-0.05, 0) is 49.1 Å². The number of thiophene rings is 1. The molecule has 150 valence electrons. The Hall–Kier alpha value is -3.00. The van der Waals surface area contributed by atoms with E-state index < -0.39 is 0 Å². The fourth-order valence-electron chi connectivity index (χ4n) is 2.83. The Morgan fingerprint density at radius 2 is 1.97 bits per heavy atom. The van der Waals surface area contributed by atoms with Crippen molar-refractivity contribution < 1.29 is 14.1 Å². The van der Waals surface area contributed by atoms with E-state index in [1.54, 1.807) is 12.1 Å². The van der Waals surface area contributed by atoms with Crippen LogP contribution in [0.1, 0.15) is 40.8 Å². The number of carbonyl (C=O) groups excluding carboxylic acids is 2. The molecule has 2 N–H and O–H groups in total. The molecule has 2 aromatic heterocycles. The van der Waals surface area contributed by atoms with Gasteiger partial charge in [-0.2, -0.15) is 4.98 Å². The molecule has 0 spiro atoms. The van der Waals surface area contributed by atoms with Gasteiger partial charge in [0.1, 0.15) is 0 Å². The molecule has 0 bridgehead atoms. The molecular weight excluding hydrogens is 388 g/mol. The van der Waals surface area contributed by atoms with Gasteiger partial charge in [-0.1, -0.05) is 24.2 Å². The lowest BCUT2D eigenvalue weighted by Gasteiger charge is -2.05. The molecule has 4 rings (SSSR count). The Morgan fingerprint density at radius 3 is 2.66 bits per heavy atom. The average molecular weight is 410 g/mol. The number of benzene rings is 1. The third-order valence-electron chi connectivity index (χ3n) is 4.71. The lowest BCUT2D eigenvalue weighted by molar-refractivity contribution is -0.117. The molecule has 2 heterocycles. The lowest BCUT2D eigenvalue weighted by Crippen LogP contribution is -2.24. The molecule has 1 saturated carbocycles. The second-order valence-corrected chi connectivity index (χ2v) is 8.08. The number of rotatable bonds is 8. The van der Waals surface area contributed by atoms with Crippen molar-refractivity contribution in [3.63, 3.8) is 0 Å². The number of nitrogens with one attached hydrogen (secondary N) is 2. The molecule has 0 saturated heterocycles. The first-order valence-corrected chi connectivity index (χ1v) is 10.5. The Balaban J connectivity index is 1.25. The summed E-state index contributed by atoms with van der Waals surface area (Å²) in [6.45, 7) is 2.51. The summed E-state index contributed by atoms with van der Waals surface area (Å²) in [4.78, 5) is 29.0. The van der Waals surface area contributed by atoms with Gasteiger partial charge in [-0.25, -0.2) is 0 Å². The molecule has 7 nitrogen and oxygen atoms in total. The van der Waals surface area contributed by atoms with Gasteiger partial charge in [0.05, 0.1) is 9.88 Å². The highest BCUT2D eigenvalue weighted by atomic mass is 32.1. The number of hydrogen-bond donors (Lipinski definition) is 2. The highest BCUT2D eigenvalue weighted by Crippen LogP contribution is 2.31. The maximum absolute atomic E-state index is 12.3. The summed E-state index contributed by atoms with van der Waals surface area (Å²) in [5.41, 5.74) is 1.98. The molecular formula is C21H22N4O3S. The summed E-state index contributed by atoms with van der Waals surface area (Å²) >= 11 is 1.30. The molecule has 1 fully saturated rings. The minimum atomic E-state index is -0.128. The van der Waals surface area contributed by atoms with Gasteiger partial charge in [0.2, 0.25) is 5.91 Å². The predicted molar refractivity (Wildman–Crippen MR) is 111 cm³/mol. The second kappa shape index (κ2) is 8.57. The van der Waals surface area contributed by atoms with Gasteiger partial charge < -0.3 is 15.2 Å². The van der Waals surface area contributed by atoms with Crippen molar-refractivity contribution in [2.45, 2.75) is 32.6 Å². The van der Waals surface area contributed by atoms with E-state index in [1.165, 1.54) is 11.3 Å². The van der Waals surface area contributed by atoms with Gasteiger partial charge in [0.25, 0.3) is 11.8 Å². The van der Waals surface area contributed by atoms with Crippen LogP contribution < -0.4 is 10.6 Å². The van der Waals surface area contributed by atoms with Gasteiger partial charge >= 0.3 is 0 Å². The van der Waals surface area contributed by atoms with Crippen LogP contribution in [0, 0.1) is 5.92 Å². The Labute approximate surface area is 172 Å². The molecule has 1 aromatic carbocycles. The van der Waals surface area contributed by atoms with Gasteiger partial charge in [0, 0.05) is 24.4 Å². The standard InChI is InChI=1S/C21H22N4O3S/c1-2-17-23-21(28-25-17)15-5-3-13(4-6-15)11-12-22-20(27)16-9-10-18(29-16)24-19(26)14-7-8-14/h3-6,9-10,14H,2,7-8,11-12H2,1H3,(H,22,27)(H,24,26). The average Bonchev–Trinajstić information content (AvgIpc) is 3.30. The maximum Gasteiger partial charge on any atom is 0.261 e. The van der Waals surface area contributed by atoms with Gasteiger partial charge in [0.15, 0.2) is 5.82 Å². The van der Waals surface area contributed by atoms with Crippen LogP contribution in [0.25, 0.3) is 11.5 Å². The summed E-state index contributed by atoms with van der Waals surface area (Å²) in [7, 11) is 0. The SMILES string of the molecule is CCc1noc(-c2ccc(CCNC(=O)c3ccc(NC(=O)C4CC4)s3)cc2)n1. The van der Waals surface area contributed by atoms with Crippen LogP contribution in [0.15, 0.2) is 40.9 Å². The molecule has 2 amide bonds. The zero-order valence-corrected chi connectivity index (χ0v) is 16.9. The maximum atomic E-state index is 12.3. The Bertz CT molecular complexity index is 1010. The molecule has 0 unspecified atom stereocenters. The van der Waals surface area contributed by atoms with E-state index in [2.05, 4.69) is 20.8 Å². The third-order valence-corrected chi connectivity index (χ3v) is 5.71. The van der Waals surface area contributed by atoms with E-state index in [1.807, 2.05) is 31.2 Å². The van der Waals surface area contributed by atoms with Crippen LogP contribution in [0.4, 0.5) is 5.00 Å². The van der Waals surface area contributed by atoms with E-state index in [0.717, 1.165) is 35.4 Å². The minimum Gasteiger partial charge on any atom is -0.351 e. The number of nitrogens with zero attached hydrogens (tertiary/aromatic N) is 2.